The van der Waals surface area contributed by atoms with Crippen LogP contribution in [0.5, 0.6) is 0 Å². The molecule has 0 saturated carbocycles. The van der Waals surface area contributed by atoms with Gasteiger partial charge in [-0.25, -0.2) is 4.79 Å². The van der Waals surface area contributed by atoms with Crippen LogP contribution in [0.3, 0.4) is 0 Å². The van der Waals surface area contributed by atoms with Gasteiger partial charge in [0.05, 0.1) is 11.7 Å². The summed E-state index contributed by atoms with van der Waals surface area (Å²) < 4.78 is 11.9. The molecule has 0 radical (unpaired) electrons. The molecule has 0 aliphatic carbocycles. The van der Waals surface area contributed by atoms with Gasteiger partial charge in [0.25, 0.3) is 0 Å². The van der Waals surface area contributed by atoms with Crippen LogP contribution in [0.4, 0.5) is 4.79 Å². The Labute approximate surface area is 147 Å². The van der Waals surface area contributed by atoms with Gasteiger partial charge < -0.3 is 14.4 Å². The Bertz CT molecular complexity index is 468. The molecule has 5 heteroatoms. The largest absolute Gasteiger partial charge is 0.444 e. The van der Waals surface area contributed by atoms with Crippen LogP contribution in [-0.4, -0.2) is 64.9 Å². The van der Waals surface area contributed by atoms with Crippen molar-refractivity contribution in [3.8, 4) is 0 Å². The number of hydrogen-bond donors (Lipinski definition) is 0. The number of likely N-dealkylation sites (tertiary alicyclic amines) is 1. The average Bonchev–Trinajstić information content (AvgIpc) is 2.44. The molecule has 2 heterocycles. The summed E-state index contributed by atoms with van der Waals surface area (Å²) in [7, 11) is 0. The lowest BCUT2D eigenvalue weighted by atomic mass is 9.86. The molecule has 5 nitrogen and oxygen atoms in total. The van der Waals surface area contributed by atoms with Crippen LogP contribution in [-0.2, 0) is 9.47 Å². The van der Waals surface area contributed by atoms with E-state index >= 15 is 0 Å². The fourth-order valence-electron chi connectivity index (χ4n) is 3.36. The topological polar surface area (TPSA) is 42.0 Å². The van der Waals surface area contributed by atoms with Crippen molar-refractivity contribution in [1.29, 1.82) is 0 Å². The van der Waals surface area contributed by atoms with E-state index in [9.17, 15) is 4.79 Å². The van der Waals surface area contributed by atoms with Crippen molar-refractivity contribution in [2.24, 2.45) is 0 Å². The van der Waals surface area contributed by atoms with E-state index in [2.05, 4.69) is 32.3 Å². The number of carbonyl (C=O) groups is 1. The summed E-state index contributed by atoms with van der Waals surface area (Å²) in [6, 6.07) is 0. The molecule has 1 unspecified atom stereocenters. The third-order valence-corrected chi connectivity index (χ3v) is 4.82. The molecule has 2 fully saturated rings. The van der Waals surface area contributed by atoms with E-state index in [-0.39, 0.29) is 23.3 Å². The van der Waals surface area contributed by atoms with Crippen molar-refractivity contribution in [1.82, 2.24) is 9.80 Å². The predicted octanol–water partition coefficient (Wildman–Crippen LogP) is 3.44. The second kappa shape index (κ2) is 6.68. The summed E-state index contributed by atoms with van der Waals surface area (Å²) in [6.07, 6.45) is 3.40. The van der Waals surface area contributed by atoms with Gasteiger partial charge in [-0.05, 0) is 54.4 Å². The highest BCUT2D eigenvalue weighted by molar-refractivity contribution is 5.68. The van der Waals surface area contributed by atoms with Crippen molar-refractivity contribution in [2.45, 2.75) is 77.2 Å². The third kappa shape index (κ3) is 4.73. The van der Waals surface area contributed by atoms with Gasteiger partial charge in [0.15, 0.2) is 0 Å². The van der Waals surface area contributed by atoms with Crippen molar-refractivity contribution in [3.63, 3.8) is 0 Å². The molecule has 2 rings (SSSR count). The van der Waals surface area contributed by atoms with Gasteiger partial charge in [0, 0.05) is 31.7 Å². The summed E-state index contributed by atoms with van der Waals surface area (Å²) in [4.78, 5) is 16.5. The maximum Gasteiger partial charge on any atom is 0.410 e. The second-order valence-corrected chi connectivity index (χ2v) is 9.09. The number of ether oxygens (including phenoxy) is 2. The molecule has 1 atom stereocenters. The van der Waals surface area contributed by atoms with E-state index < -0.39 is 5.60 Å². The number of carbonyl (C=O) groups excluding carboxylic acids is 1. The van der Waals surface area contributed by atoms with Crippen LogP contribution in [0.2, 0.25) is 0 Å². The minimum Gasteiger partial charge on any atom is -0.444 e. The molecule has 2 saturated heterocycles. The van der Waals surface area contributed by atoms with Crippen molar-refractivity contribution in [2.75, 3.05) is 26.2 Å². The fraction of sp³-hybridized carbons (Fsp3) is 0.842. The Morgan fingerprint density at radius 3 is 2.25 bits per heavy atom. The molecule has 0 bridgehead atoms. The minimum atomic E-state index is -0.454. The molecule has 1 spiro atoms. The molecular weight excluding hydrogens is 304 g/mol. The van der Waals surface area contributed by atoms with Crippen LogP contribution in [0.25, 0.3) is 0 Å². The Balaban J connectivity index is 2.02. The summed E-state index contributed by atoms with van der Waals surface area (Å²) in [5.41, 5.74) is -0.548. The lowest BCUT2D eigenvalue weighted by Gasteiger charge is -2.52. The molecule has 2 aliphatic heterocycles. The zero-order chi connectivity index (χ0) is 18.2. The molecule has 2 aliphatic rings. The lowest BCUT2D eigenvalue weighted by molar-refractivity contribution is -0.174. The maximum atomic E-state index is 12.3. The first kappa shape index (κ1) is 19.3. The highest BCUT2D eigenvalue weighted by Gasteiger charge is 2.45. The van der Waals surface area contributed by atoms with E-state index in [1.54, 1.807) is 4.90 Å². The second-order valence-electron chi connectivity index (χ2n) is 9.09. The Hall–Kier alpha value is -1.07. The quantitative estimate of drug-likeness (QED) is 0.687. The van der Waals surface area contributed by atoms with E-state index in [1.807, 2.05) is 26.8 Å². The first-order valence-corrected chi connectivity index (χ1v) is 8.97. The van der Waals surface area contributed by atoms with Crippen LogP contribution in [0.1, 0.15) is 54.4 Å². The van der Waals surface area contributed by atoms with Gasteiger partial charge in [-0.3, -0.25) is 4.90 Å². The Morgan fingerprint density at radius 1 is 1.21 bits per heavy atom. The van der Waals surface area contributed by atoms with Crippen LogP contribution in [0.15, 0.2) is 12.7 Å². The number of piperidine rings is 1. The Morgan fingerprint density at radius 2 is 1.79 bits per heavy atom. The molecular formula is C19H34N2O3. The lowest BCUT2D eigenvalue weighted by Crippen LogP contribution is -2.63. The number of morpholine rings is 1. The van der Waals surface area contributed by atoms with Crippen LogP contribution in [0, 0.1) is 0 Å². The molecule has 0 aromatic heterocycles. The minimum absolute atomic E-state index is 0.0473. The predicted molar refractivity (Wildman–Crippen MR) is 96.2 cm³/mol. The van der Waals surface area contributed by atoms with Gasteiger partial charge in [-0.15, -0.1) is 6.58 Å². The summed E-state index contributed by atoms with van der Waals surface area (Å²) in [6.45, 7) is 19.5. The highest BCUT2D eigenvalue weighted by Crippen LogP contribution is 2.35. The Kier molecular flexibility index (Phi) is 5.36. The average molecular weight is 338 g/mol. The number of amides is 1. The molecule has 1 amide bonds. The fourth-order valence-corrected chi connectivity index (χ4v) is 3.36. The molecule has 0 aromatic carbocycles. The highest BCUT2D eigenvalue weighted by atomic mass is 16.6. The van der Waals surface area contributed by atoms with E-state index in [1.165, 1.54) is 0 Å². The van der Waals surface area contributed by atoms with Gasteiger partial charge >= 0.3 is 6.09 Å². The van der Waals surface area contributed by atoms with Crippen LogP contribution < -0.4 is 0 Å². The maximum absolute atomic E-state index is 12.3. The van der Waals surface area contributed by atoms with Crippen molar-refractivity contribution < 1.29 is 14.3 Å². The van der Waals surface area contributed by atoms with Gasteiger partial charge in [0.1, 0.15) is 5.60 Å². The van der Waals surface area contributed by atoms with Crippen molar-refractivity contribution >= 4 is 6.09 Å². The zero-order valence-electron chi connectivity index (χ0n) is 16.2. The van der Waals surface area contributed by atoms with E-state index in [0.717, 1.165) is 25.9 Å². The first-order valence-electron chi connectivity index (χ1n) is 8.97. The van der Waals surface area contributed by atoms with Crippen molar-refractivity contribution in [3.05, 3.63) is 12.7 Å². The monoisotopic (exact) mass is 338 g/mol. The SMILES string of the molecule is C=CC1CN(C(C)(C)C)CC2(CCN(C(=O)OC(C)(C)C)CC2)O1. The van der Waals surface area contributed by atoms with Gasteiger partial charge in [-0.2, -0.15) is 0 Å². The number of nitrogens with zero attached hydrogens (tertiary/aromatic N) is 2. The van der Waals surface area contributed by atoms with E-state index in [4.69, 9.17) is 9.47 Å². The van der Waals surface area contributed by atoms with Crippen LogP contribution >= 0.6 is 0 Å². The van der Waals surface area contributed by atoms with Gasteiger partial charge in [0.2, 0.25) is 0 Å². The number of rotatable bonds is 1. The van der Waals surface area contributed by atoms with E-state index in [0.29, 0.717) is 13.1 Å². The molecule has 24 heavy (non-hydrogen) atoms. The summed E-state index contributed by atoms with van der Waals surface area (Å²) in [5, 5.41) is 0. The third-order valence-electron chi connectivity index (χ3n) is 4.82. The zero-order valence-corrected chi connectivity index (χ0v) is 16.2. The van der Waals surface area contributed by atoms with Gasteiger partial charge in [-0.1, -0.05) is 6.08 Å². The molecule has 138 valence electrons. The molecule has 0 aromatic rings. The first-order chi connectivity index (χ1) is 10.9. The normalized spacial score (nSPS) is 25.6. The summed E-state index contributed by atoms with van der Waals surface area (Å²) >= 11 is 0. The smallest absolute Gasteiger partial charge is 0.410 e. The summed E-state index contributed by atoms with van der Waals surface area (Å²) in [5.74, 6) is 0. The molecule has 0 N–H and O–H groups in total. The standard InChI is InChI=1S/C19H34N2O3/c1-8-15-13-21(17(2,3)4)14-19(23-15)9-11-20(12-10-19)16(22)24-18(5,6)7/h8,15H,1,9-14H2,2-7H3. The number of hydrogen-bond acceptors (Lipinski definition) is 4.